The Hall–Kier alpha value is -1.68. The molecule has 0 aliphatic carbocycles. The molecule has 1 heterocycles. The van der Waals surface area contributed by atoms with Gasteiger partial charge in [-0.2, -0.15) is 0 Å². The van der Waals surface area contributed by atoms with Crippen molar-refractivity contribution < 1.29 is 0 Å². The van der Waals surface area contributed by atoms with E-state index < -0.39 is 8.07 Å². The molecule has 0 unspecified atom stereocenters. The molecule has 0 radical (unpaired) electrons. The zero-order chi connectivity index (χ0) is 13.9. The molecule has 0 saturated heterocycles. The van der Waals surface area contributed by atoms with Crippen molar-refractivity contribution >= 4 is 8.07 Å². The van der Waals surface area contributed by atoms with Crippen LogP contribution in [0.3, 0.4) is 0 Å². The van der Waals surface area contributed by atoms with E-state index in [4.69, 9.17) is 0 Å². The van der Waals surface area contributed by atoms with E-state index in [1.54, 1.807) is 0 Å². The summed E-state index contributed by atoms with van der Waals surface area (Å²) in [6.45, 7) is 12.0. The Labute approximate surface area is 116 Å². The van der Waals surface area contributed by atoms with Gasteiger partial charge in [0.25, 0.3) is 0 Å². The summed E-state index contributed by atoms with van der Waals surface area (Å²) in [5.74, 6) is 0. The summed E-state index contributed by atoms with van der Waals surface area (Å²) in [6, 6.07) is 11.3. The first-order valence-corrected chi connectivity index (χ1v) is 10.3. The van der Waals surface area contributed by atoms with E-state index in [9.17, 15) is 0 Å². The summed E-state index contributed by atoms with van der Waals surface area (Å²) in [5.41, 5.74) is 3.26. The minimum Gasteiger partial charge on any atom is -0.248 e. The molecule has 0 atom stereocenters. The van der Waals surface area contributed by atoms with Gasteiger partial charge in [-0.05, 0) is 6.04 Å². The minimum absolute atomic E-state index is 0.768. The van der Waals surface area contributed by atoms with E-state index >= 15 is 0 Å². The largest absolute Gasteiger partial charge is 0.248 e. The molecule has 0 N–H and O–H groups in total. The molecule has 0 saturated carbocycles. The third kappa shape index (κ3) is 4.17. The summed E-state index contributed by atoms with van der Waals surface area (Å²) < 4.78 is 1.88. The molecular formula is C15H21N3Si. The maximum atomic E-state index is 4.22. The normalized spacial score (nSPS) is 11.5. The number of rotatable bonds is 5. The second kappa shape index (κ2) is 5.53. The molecule has 1 aromatic heterocycles. The Kier molecular flexibility index (Phi) is 4.00. The highest BCUT2D eigenvalue weighted by molar-refractivity contribution is 6.76. The predicted octanol–water partition coefficient (Wildman–Crippen LogP) is 3.84. The molecule has 3 nitrogen and oxygen atoms in total. The second-order valence-electron chi connectivity index (χ2n) is 6.15. The zero-order valence-corrected chi connectivity index (χ0v) is 12.9. The highest BCUT2D eigenvalue weighted by Gasteiger charge is 2.15. The van der Waals surface area contributed by atoms with E-state index in [-0.39, 0.29) is 0 Å². The van der Waals surface area contributed by atoms with Crippen LogP contribution in [0.4, 0.5) is 0 Å². The van der Waals surface area contributed by atoms with Gasteiger partial charge in [0.15, 0.2) is 0 Å². The number of benzene rings is 1. The molecule has 4 heteroatoms. The molecule has 0 aliphatic rings. The lowest BCUT2D eigenvalue weighted by molar-refractivity contribution is 0.642. The Balaban J connectivity index is 2.04. The van der Waals surface area contributed by atoms with Crippen LogP contribution < -0.4 is 0 Å². The van der Waals surface area contributed by atoms with Crippen LogP contribution in [0.5, 0.6) is 0 Å². The third-order valence-electron chi connectivity index (χ3n) is 2.77. The van der Waals surface area contributed by atoms with Crippen molar-refractivity contribution in [3.63, 3.8) is 0 Å². The molecule has 19 heavy (non-hydrogen) atoms. The molecule has 0 amide bonds. The summed E-state index contributed by atoms with van der Waals surface area (Å²) in [7, 11) is -1.09. The number of aromatic nitrogens is 3. The van der Waals surface area contributed by atoms with Crippen LogP contribution in [0.1, 0.15) is 0 Å². The number of hydrogen-bond acceptors (Lipinski definition) is 2. The molecule has 100 valence electrons. The van der Waals surface area contributed by atoms with Gasteiger partial charge in [-0.25, -0.2) is 4.68 Å². The molecule has 0 aliphatic heterocycles. The van der Waals surface area contributed by atoms with Crippen LogP contribution in [0, 0.1) is 0 Å². The Morgan fingerprint density at radius 3 is 2.53 bits per heavy atom. The average Bonchev–Trinajstić information content (AvgIpc) is 2.76. The highest BCUT2D eigenvalue weighted by atomic mass is 28.3. The molecule has 2 rings (SSSR count). The lowest BCUT2D eigenvalue weighted by atomic mass is 10.2. The first kappa shape index (κ1) is 13.7. The summed E-state index contributed by atoms with van der Waals surface area (Å²) in [4.78, 5) is 0. The second-order valence-corrected chi connectivity index (χ2v) is 11.6. The average molecular weight is 271 g/mol. The van der Waals surface area contributed by atoms with Crippen LogP contribution >= 0.6 is 0 Å². The molecule has 0 bridgehead atoms. The van der Waals surface area contributed by atoms with Crippen molar-refractivity contribution in [2.45, 2.75) is 32.2 Å². The van der Waals surface area contributed by atoms with Gasteiger partial charge in [0.05, 0.1) is 12.7 Å². The fourth-order valence-corrected chi connectivity index (χ4v) is 3.76. The van der Waals surface area contributed by atoms with Gasteiger partial charge in [0, 0.05) is 13.6 Å². The van der Waals surface area contributed by atoms with Gasteiger partial charge >= 0.3 is 0 Å². The molecule has 1 aromatic carbocycles. The smallest absolute Gasteiger partial charge is 0.113 e. The topological polar surface area (TPSA) is 30.7 Å². The van der Waals surface area contributed by atoms with Gasteiger partial charge < -0.3 is 0 Å². The molecule has 0 fully saturated rings. The van der Waals surface area contributed by atoms with Gasteiger partial charge in [0.2, 0.25) is 0 Å². The van der Waals surface area contributed by atoms with Gasteiger partial charge in [-0.1, -0.05) is 67.3 Å². The maximum Gasteiger partial charge on any atom is 0.113 e. The van der Waals surface area contributed by atoms with Crippen molar-refractivity contribution in [2.24, 2.45) is 0 Å². The number of nitrogens with zero attached hydrogens (tertiary/aromatic N) is 3. The Morgan fingerprint density at radius 1 is 1.21 bits per heavy atom. The summed E-state index contributed by atoms with van der Waals surface area (Å²) in [6.07, 6.45) is 1.99. The van der Waals surface area contributed by atoms with E-state index in [0.717, 1.165) is 23.8 Å². The summed E-state index contributed by atoms with van der Waals surface area (Å²) >= 11 is 0. The lowest BCUT2D eigenvalue weighted by Gasteiger charge is -2.17. The SMILES string of the molecule is C=C(Cn1cc(-c2ccccc2)nn1)C[Si](C)(C)C. The van der Waals surface area contributed by atoms with E-state index in [2.05, 4.69) is 36.5 Å². The standard InChI is InChI=1S/C15H21N3Si/c1-13(12-19(2,3)4)10-18-11-15(16-17-18)14-8-6-5-7-9-14/h5-9,11H,1,10,12H2,2-4H3. The van der Waals surface area contributed by atoms with Crippen LogP contribution in [-0.4, -0.2) is 23.1 Å². The fraction of sp³-hybridized carbons (Fsp3) is 0.333. The quantitative estimate of drug-likeness (QED) is 0.611. The fourth-order valence-electron chi connectivity index (χ4n) is 2.15. The van der Waals surface area contributed by atoms with Crippen molar-refractivity contribution in [3.8, 4) is 11.3 Å². The van der Waals surface area contributed by atoms with Crippen molar-refractivity contribution in [2.75, 3.05) is 0 Å². The van der Waals surface area contributed by atoms with Crippen molar-refractivity contribution in [1.29, 1.82) is 0 Å². The first-order chi connectivity index (χ1) is 8.94. The van der Waals surface area contributed by atoms with Gasteiger partial charge in [0.1, 0.15) is 5.69 Å². The van der Waals surface area contributed by atoms with Crippen LogP contribution in [0.2, 0.25) is 25.7 Å². The van der Waals surface area contributed by atoms with Crippen molar-refractivity contribution in [3.05, 3.63) is 48.7 Å². The minimum atomic E-state index is -1.09. The molecular weight excluding hydrogens is 250 g/mol. The predicted molar refractivity (Wildman–Crippen MR) is 82.8 cm³/mol. The molecule has 0 spiro atoms. The van der Waals surface area contributed by atoms with Crippen LogP contribution in [-0.2, 0) is 6.54 Å². The van der Waals surface area contributed by atoms with Crippen LogP contribution in [0.25, 0.3) is 11.3 Å². The molecule has 2 aromatic rings. The van der Waals surface area contributed by atoms with E-state index in [1.807, 2.05) is 41.2 Å². The maximum absolute atomic E-state index is 4.22. The van der Waals surface area contributed by atoms with Gasteiger partial charge in [-0.15, -0.1) is 5.10 Å². The highest BCUT2D eigenvalue weighted by Crippen LogP contribution is 2.18. The van der Waals surface area contributed by atoms with E-state index in [1.165, 1.54) is 5.57 Å². The van der Waals surface area contributed by atoms with Crippen molar-refractivity contribution in [1.82, 2.24) is 15.0 Å². The Morgan fingerprint density at radius 2 is 1.89 bits per heavy atom. The number of hydrogen-bond donors (Lipinski definition) is 0. The lowest BCUT2D eigenvalue weighted by Crippen LogP contribution is -2.21. The monoisotopic (exact) mass is 271 g/mol. The Bertz CT molecular complexity index is 552. The van der Waals surface area contributed by atoms with Gasteiger partial charge in [-0.3, -0.25) is 0 Å². The number of allylic oxidation sites excluding steroid dienone is 1. The zero-order valence-electron chi connectivity index (χ0n) is 11.9. The van der Waals surface area contributed by atoms with E-state index in [0.29, 0.717) is 0 Å². The third-order valence-corrected chi connectivity index (χ3v) is 4.33. The first-order valence-electron chi connectivity index (χ1n) is 6.56. The van der Waals surface area contributed by atoms with Crippen LogP contribution in [0.15, 0.2) is 48.7 Å². The summed E-state index contributed by atoms with van der Waals surface area (Å²) in [5, 5.41) is 8.40.